The molecule has 2 heterocycles. The summed E-state index contributed by atoms with van der Waals surface area (Å²) in [6, 6.07) is 19.2. The van der Waals surface area contributed by atoms with Gasteiger partial charge in [-0.3, -0.25) is 10.1 Å². The van der Waals surface area contributed by atoms with E-state index in [1.54, 1.807) is 30.3 Å². The highest BCUT2D eigenvalue weighted by molar-refractivity contribution is 6.04. The first-order valence-electron chi connectivity index (χ1n) is 8.77. The van der Waals surface area contributed by atoms with Crippen molar-refractivity contribution in [2.24, 2.45) is 0 Å². The van der Waals surface area contributed by atoms with E-state index in [4.69, 9.17) is 4.74 Å². The minimum absolute atomic E-state index is 0.0497. The maximum atomic E-state index is 12.5. The lowest BCUT2D eigenvalue weighted by Crippen LogP contribution is -2.15. The minimum Gasteiger partial charge on any atom is -0.478 e. The zero-order chi connectivity index (χ0) is 20.2. The Hall–Kier alpha value is -4.20. The van der Waals surface area contributed by atoms with Gasteiger partial charge in [-0.15, -0.1) is 0 Å². The number of carboxylic acids is 1. The molecule has 0 spiro atoms. The summed E-state index contributed by atoms with van der Waals surface area (Å²) >= 11 is 0. The molecule has 29 heavy (non-hydrogen) atoms. The monoisotopic (exact) mass is 388 g/mol. The number of nitrogens with zero attached hydrogens (tertiary/aromatic N) is 2. The third kappa shape index (κ3) is 4.06. The number of carboxylic acid groups (broad SMARTS) is 1. The molecular weight excluding hydrogens is 372 g/mol. The molecule has 4 aromatic rings. The van der Waals surface area contributed by atoms with Gasteiger partial charge in [0.25, 0.3) is 5.91 Å². The molecule has 0 bridgehead atoms. The molecule has 0 radical (unpaired) electrons. The number of nitrogens with one attached hydrogen (secondary N) is 2. The highest BCUT2D eigenvalue weighted by atomic mass is 16.5. The summed E-state index contributed by atoms with van der Waals surface area (Å²) in [6.07, 6.45) is 0. The minimum atomic E-state index is -1.09. The fourth-order valence-electron chi connectivity index (χ4n) is 2.79. The van der Waals surface area contributed by atoms with Crippen molar-refractivity contribution in [3.8, 4) is 5.88 Å². The van der Waals surface area contributed by atoms with E-state index >= 15 is 0 Å². The van der Waals surface area contributed by atoms with Gasteiger partial charge in [-0.05, 0) is 23.8 Å². The number of amides is 1. The van der Waals surface area contributed by atoms with Crippen molar-refractivity contribution in [3.63, 3.8) is 0 Å². The zero-order valence-corrected chi connectivity index (χ0v) is 15.1. The second-order valence-corrected chi connectivity index (χ2v) is 6.18. The van der Waals surface area contributed by atoms with Crippen molar-refractivity contribution in [1.29, 1.82) is 0 Å². The van der Waals surface area contributed by atoms with Gasteiger partial charge in [-0.1, -0.05) is 42.5 Å². The Kier molecular flexibility index (Phi) is 4.90. The molecule has 0 aliphatic heterocycles. The third-order valence-electron chi connectivity index (χ3n) is 4.16. The molecule has 2 aromatic carbocycles. The van der Waals surface area contributed by atoms with Crippen molar-refractivity contribution in [2.45, 2.75) is 6.61 Å². The molecule has 8 nitrogen and oxygen atoms in total. The Morgan fingerprint density at radius 2 is 1.76 bits per heavy atom. The number of pyridine rings is 1. The summed E-state index contributed by atoms with van der Waals surface area (Å²) in [7, 11) is 0. The van der Waals surface area contributed by atoms with E-state index in [1.807, 2.05) is 30.3 Å². The fraction of sp³-hybridized carbons (Fsp3) is 0.0476. The molecule has 4 rings (SSSR count). The maximum Gasteiger partial charge on any atom is 0.337 e. The standard InChI is InChI=1S/C21H16N4O4/c26-19(25-21-23-15-9-4-8-14(20(27)28)18(15)24-21)16-10-5-11-17(22-16)29-12-13-6-2-1-3-7-13/h1-11H,12H2,(H,27,28)(H2,23,24,25,26). The van der Waals surface area contributed by atoms with E-state index < -0.39 is 11.9 Å². The highest BCUT2D eigenvalue weighted by Gasteiger charge is 2.15. The topological polar surface area (TPSA) is 117 Å². The number of aromatic nitrogens is 3. The largest absolute Gasteiger partial charge is 0.478 e. The number of para-hydroxylation sites is 1. The van der Waals surface area contributed by atoms with Crippen LogP contribution >= 0.6 is 0 Å². The van der Waals surface area contributed by atoms with E-state index in [0.717, 1.165) is 5.56 Å². The number of hydrogen-bond acceptors (Lipinski definition) is 5. The lowest BCUT2D eigenvalue weighted by Gasteiger charge is -2.07. The van der Waals surface area contributed by atoms with Gasteiger partial charge in [0.2, 0.25) is 11.8 Å². The molecule has 0 saturated heterocycles. The maximum absolute atomic E-state index is 12.5. The lowest BCUT2D eigenvalue weighted by atomic mass is 10.2. The molecule has 0 fully saturated rings. The van der Waals surface area contributed by atoms with Gasteiger partial charge in [0.05, 0.1) is 11.1 Å². The van der Waals surface area contributed by atoms with Crippen LogP contribution in [0.2, 0.25) is 0 Å². The SMILES string of the molecule is O=C(Nc1nc2c(C(=O)O)cccc2[nH]1)c1cccc(OCc2ccccc2)n1. The first kappa shape index (κ1) is 18.2. The predicted molar refractivity (Wildman–Crippen MR) is 106 cm³/mol. The van der Waals surface area contributed by atoms with Crippen molar-refractivity contribution in [3.05, 3.63) is 83.6 Å². The Balaban J connectivity index is 1.49. The Bertz CT molecular complexity index is 1190. The van der Waals surface area contributed by atoms with Gasteiger partial charge < -0.3 is 14.8 Å². The molecule has 0 saturated carbocycles. The number of imidazole rings is 1. The fourth-order valence-corrected chi connectivity index (χ4v) is 2.79. The number of rotatable bonds is 6. The van der Waals surface area contributed by atoms with Crippen LogP contribution in [0.25, 0.3) is 11.0 Å². The quantitative estimate of drug-likeness (QED) is 0.465. The van der Waals surface area contributed by atoms with Crippen molar-refractivity contribution in [1.82, 2.24) is 15.0 Å². The van der Waals surface area contributed by atoms with Crippen molar-refractivity contribution in [2.75, 3.05) is 5.32 Å². The number of fused-ring (bicyclic) bond motifs is 1. The molecule has 0 aliphatic rings. The van der Waals surface area contributed by atoms with Gasteiger partial charge in [-0.2, -0.15) is 0 Å². The van der Waals surface area contributed by atoms with Gasteiger partial charge in [0.1, 0.15) is 17.8 Å². The van der Waals surface area contributed by atoms with Crippen LogP contribution in [0.4, 0.5) is 5.95 Å². The summed E-state index contributed by atoms with van der Waals surface area (Å²) in [5, 5.41) is 11.8. The Morgan fingerprint density at radius 1 is 0.966 bits per heavy atom. The molecule has 0 aliphatic carbocycles. The van der Waals surface area contributed by atoms with Crippen LogP contribution in [0.15, 0.2) is 66.7 Å². The van der Waals surface area contributed by atoms with E-state index in [9.17, 15) is 14.7 Å². The second kappa shape index (κ2) is 7.81. The van der Waals surface area contributed by atoms with Crippen LogP contribution < -0.4 is 10.1 Å². The van der Waals surface area contributed by atoms with Crippen LogP contribution in [0.1, 0.15) is 26.4 Å². The van der Waals surface area contributed by atoms with E-state index in [2.05, 4.69) is 20.3 Å². The first-order valence-corrected chi connectivity index (χ1v) is 8.77. The molecule has 1 amide bonds. The van der Waals surface area contributed by atoms with Gasteiger partial charge in [0, 0.05) is 6.07 Å². The van der Waals surface area contributed by atoms with E-state index in [1.165, 1.54) is 6.07 Å². The lowest BCUT2D eigenvalue weighted by molar-refractivity contribution is 0.0698. The average Bonchev–Trinajstić information content (AvgIpc) is 3.15. The molecule has 2 aromatic heterocycles. The molecule has 0 atom stereocenters. The normalized spacial score (nSPS) is 10.6. The molecule has 3 N–H and O–H groups in total. The number of carbonyl (C=O) groups excluding carboxylic acids is 1. The summed E-state index contributed by atoms with van der Waals surface area (Å²) in [5.41, 5.74) is 1.96. The number of anilines is 1. The molecule has 8 heteroatoms. The Morgan fingerprint density at radius 3 is 2.55 bits per heavy atom. The van der Waals surface area contributed by atoms with Crippen LogP contribution in [-0.2, 0) is 6.61 Å². The van der Waals surface area contributed by atoms with Crippen molar-refractivity contribution < 1.29 is 19.4 Å². The highest BCUT2D eigenvalue weighted by Crippen LogP contribution is 2.19. The summed E-state index contributed by atoms with van der Waals surface area (Å²) in [4.78, 5) is 35.1. The van der Waals surface area contributed by atoms with Gasteiger partial charge in [0.15, 0.2) is 0 Å². The van der Waals surface area contributed by atoms with Gasteiger partial charge in [-0.25, -0.2) is 14.8 Å². The summed E-state index contributed by atoms with van der Waals surface area (Å²) in [6.45, 7) is 0.334. The van der Waals surface area contributed by atoms with Crippen molar-refractivity contribution >= 4 is 28.9 Å². The smallest absolute Gasteiger partial charge is 0.337 e. The number of benzene rings is 2. The Labute approximate surface area is 165 Å². The molecular formula is C21H16N4O4. The number of ether oxygens (including phenoxy) is 1. The molecule has 0 unspecified atom stereocenters. The number of carbonyl (C=O) groups is 2. The van der Waals surface area contributed by atoms with Crippen LogP contribution in [0.5, 0.6) is 5.88 Å². The number of hydrogen-bond donors (Lipinski definition) is 3. The average molecular weight is 388 g/mol. The molecule has 144 valence electrons. The predicted octanol–water partition coefficient (Wildman–Crippen LogP) is 3.49. The van der Waals surface area contributed by atoms with Gasteiger partial charge >= 0.3 is 5.97 Å². The third-order valence-corrected chi connectivity index (χ3v) is 4.16. The summed E-state index contributed by atoms with van der Waals surface area (Å²) in [5.74, 6) is -1.13. The van der Waals surface area contributed by atoms with E-state index in [0.29, 0.717) is 18.0 Å². The van der Waals surface area contributed by atoms with E-state index in [-0.39, 0.29) is 22.7 Å². The number of H-pyrrole nitrogens is 1. The zero-order valence-electron chi connectivity index (χ0n) is 15.1. The first-order chi connectivity index (χ1) is 14.1. The summed E-state index contributed by atoms with van der Waals surface area (Å²) < 4.78 is 5.64. The number of aromatic amines is 1. The van der Waals surface area contributed by atoms with Crippen LogP contribution in [0, 0.1) is 0 Å². The van der Waals surface area contributed by atoms with Crippen LogP contribution in [0.3, 0.4) is 0 Å². The second-order valence-electron chi connectivity index (χ2n) is 6.18. The number of aromatic carboxylic acids is 1. The van der Waals surface area contributed by atoms with Crippen LogP contribution in [-0.4, -0.2) is 31.9 Å².